The van der Waals surface area contributed by atoms with Gasteiger partial charge in [-0.15, -0.1) is 0 Å². The molecule has 1 aliphatic heterocycles. The summed E-state index contributed by atoms with van der Waals surface area (Å²) in [5, 5.41) is 2.00. The van der Waals surface area contributed by atoms with Crippen molar-refractivity contribution in [2.24, 2.45) is 0 Å². The lowest BCUT2D eigenvalue weighted by Gasteiger charge is -2.12. The van der Waals surface area contributed by atoms with Gasteiger partial charge in [-0.05, 0) is 54.2 Å². The van der Waals surface area contributed by atoms with E-state index >= 15 is 0 Å². The highest BCUT2D eigenvalue weighted by Gasteiger charge is 2.36. The van der Waals surface area contributed by atoms with Crippen molar-refractivity contribution < 1.29 is 18.8 Å². The minimum atomic E-state index is -0.537. The number of carbonyl (C=O) groups excluding carboxylic acids is 3. The first-order valence-corrected chi connectivity index (χ1v) is 7.79. The second-order valence-corrected chi connectivity index (χ2v) is 5.94. The van der Waals surface area contributed by atoms with E-state index in [1.807, 2.05) is 0 Å². The molecule has 0 unspecified atom stereocenters. The molecule has 0 saturated carbocycles. The molecule has 3 rings (SSSR count). The van der Waals surface area contributed by atoms with Crippen molar-refractivity contribution in [1.29, 1.82) is 0 Å². The average molecular weight is 345 g/mol. The number of nitrogens with one attached hydrogen (secondary N) is 2. The van der Waals surface area contributed by atoms with Crippen molar-refractivity contribution in [3.05, 3.63) is 59.0 Å². The molecule has 2 N–H and O–H groups in total. The molecule has 0 aliphatic carbocycles. The first kappa shape index (κ1) is 16.0. The van der Waals surface area contributed by atoms with Crippen molar-refractivity contribution in [3.8, 4) is 0 Å². The van der Waals surface area contributed by atoms with Gasteiger partial charge in [0.25, 0.3) is 11.1 Å². The Labute approximate surface area is 140 Å². The predicted molar refractivity (Wildman–Crippen MR) is 88.5 cm³/mol. The number of rotatable bonds is 4. The van der Waals surface area contributed by atoms with Gasteiger partial charge < -0.3 is 10.3 Å². The van der Waals surface area contributed by atoms with Crippen molar-refractivity contribution in [3.63, 3.8) is 0 Å². The Morgan fingerprint density at radius 3 is 2.67 bits per heavy atom. The fourth-order valence-corrected chi connectivity index (χ4v) is 2.92. The number of halogens is 1. The summed E-state index contributed by atoms with van der Waals surface area (Å²) < 4.78 is 12.8. The van der Waals surface area contributed by atoms with Gasteiger partial charge in [0.15, 0.2) is 0 Å². The first-order valence-electron chi connectivity index (χ1n) is 6.97. The van der Waals surface area contributed by atoms with Crippen LogP contribution < -0.4 is 5.32 Å². The van der Waals surface area contributed by atoms with Crippen molar-refractivity contribution in [2.75, 3.05) is 11.9 Å². The number of aromatic amines is 1. The SMILES string of the molecule is O=C(CN1C(=O)S/C(=C\c2ccc[nH]2)C1=O)Nc1ccc(F)cc1. The summed E-state index contributed by atoms with van der Waals surface area (Å²) in [6.07, 6.45) is 3.26. The van der Waals surface area contributed by atoms with Crippen LogP contribution in [0.15, 0.2) is 47.5 Å². The van der Waals surface area contributed by atoms with Gasteiger partial charge in [-0.1, -0.05) is 0 Å². The third-order valence-corrected chi connectivity index (χ3v) is 4.12. The third-order valence-electron chi connectivity index (χ3n) is 3.21. The number of imide groups is 1. The molecule has 0 radical (unpaired) electrons. The van der Waals surface area contributed by atoms with E-state index in [2.05, 4.69) is 10.3 Å². The monoisotopic (exact) mass is 345 g/mol. The lowest BCUT2D eigenvalue weighted by molar-refractivity contribution is -0.127. The topological polar surface area (TPSA) is 82.3 Å². The van der Waals surface area contributed by atoms with Gasteiger partial charge in [0.05, 0.1) is 4.91 Å². The van der Waals surface area contributed by atoms with Gasteiger partial charge in [0, 0.05) is 17.6 Å². The normalized spacial score (nSPS) is 16.0. The maximum Gasteiger partial charge on any atom is 0.294 e. The van der Waals surface area contributed by atoms with E-state index in [0.717, 1.165) is 16.7 Å². The fraction of sp³-hybridized carbons (Fsp3) is 0.0625. The van der Waals surface area contributed by atoms with E-state index in [1.54, 1.807) is 24.4 Å². The summed E-state index contributed by atoms with van der Waals surface area (Å²) in [7, 11) is 0. The molecule has 24 heavy (non-hydrogen) atoms. The largest absolute Gasteiger partial charge is 0.362 e. The van der Waals surface area contributed by atoms with Gasteiger partial charge in [-0.25, -0.2) is 4.39 Å². The Morgan fingerprint density at radius 1 is 1.25 bits per heavy atom. The number of anilines is 1. The van der Waals surface area contributed by atoms with Gasteiger partial charge >= 0.3 is 0 Å². The van der Waals surface area contributed by atoms with Crippen LogP contribution >= 0.6 is 11.8 Å². The molecule has 122 valence electrons. The van der Waals surface area contributed by atoms with Crippen LogP contribution in [0.2, 0.25) is 0 Å². The molecule has 1 saturated heterocycles. The molecular weight excluding hydrogens is 333 g/mol. The molecular formula is C16H12FN3O3S. The Kier molecular flexibility index (Phi) is 4.48. The summed E-state index contributed by atoms with van der Waals surface area (Å²) in [5.74, 6) is -1.48. The molecule has 0 spiro atoms. The van der Waals surface area contributed by atoms with Crippen LogP contribution in [-0.4, -0.2) is 33.5 Å². The van der Waals surface area contributed by atoms with Gasteiger partial charge in [0.2, 0.25) is 5.91 Å². The minimum absolute atomic E-state index is 0.247. The minimum Gasteiger partial charge on any atom is -0.362 e. The van der Waals surface area contributed by atoms with E-state index in [0.29, 0.717) is 11.4 Å². The number of aromatic nitrogens is 1. The zero-order valence-corrected chi connectivity index (χ0v) is 13.1. The van der Waals surface area contributed by atoms with E-state index < -0.39 is 29.4 Å². The quantitative estimate of drug-likeness (QED) is 0.835. The molecule has 1 aromatic carbocycles. The second kappa shape index (κ2) is 6.71. The Morgan fingerprint density at radius 2 is 2.00 bits per heavy atom. The second-order valence-electron chi connectivity index (χ2n) is 4.95. The molecule has 6 nitrogen and oxygen atoms in total. The van der Waals surface area contributed by atoms with E-state index in [4.69, 9.17) is 0 Å². The average Bonchev–Trinajstić information content (AvgIpc) is 3.14. The number of nitrogens with zero attached hydrogens (tertiary/aromatic N) is 1. The summed E-state index contributed by atoms with van der Waals surface area (Å²) in [6, 6.07) is 8.73. The highest BCUT2D eigenvalue weighted by Crippen LogP contribution is 2.31. The van der Waals surface area contributed by atoms with Gasteiger partial charge in [0.1, 0.15) is 12.4 Å². The van der Waals surface area contributed by atoms with Crippen LogP contribution in [-0.2, 0) is 9.59 Å². The van der Waals surface area contributed by atoms with Crippen LogP contribution in [0, 0.1) is 5.82 Å². The van der Waals surface area contributed by atoms with Crippen LogP contribution in [0.5, 0.6) is 0 Å². The molecule has 1 aliphatic rings. The first-order chi connectivity index (χ1) is 11.5. The molecule has 0 atom stereocenters. The standard InChI is InChI=1S/C16H12FN3O3S/c17-10-3-5-11(6-4-10)19-14(21)9-20-15(22)13(24-16(20)23)8-12-2-1-7-18-12/h1-8,18H,9H2,(H,19,21)/b13-8-. The Balaban J connectivity index is 1.66. The number of carbonyl (C=O) groups is 3. The summed E-state index contributed by atoms with van der Waals surface area (Å²) in [4.78, 5) is 40.2. The fourth-order valence-electron chi connectivity index (χ4n) is 2.09. The molecule has 8 heteroatoms. The molecule has 2 heterocycles. The number of amides is 3. The van der Waals surface area contributed by atoms with E-state index in [-0.39, 0.29) is 4.91 Å². The summed E-state index contributed by atoms with van der Waals surface area (Å²) in [6.45, 7) is -0.399. The predicted octanol–water partition coefficient (Wildman–Crippen LogP) is 2.83. The number of benzene rings is 1. The smallest absolute Gasteiger partial charge is 0.294 e. The molecule has 1 fully saturated rings. The maximum absolute atomic E-state index is 12.8. The third kappa shape index (κ3) is 3.54. The summed E-state index contributed by atoms with van der Waals surface area (Å²) in [5.41, 5.74) is 1.08. The lowest BCUT2D eigenvalue weighted by atomic mass is 10.3. The van der Waals surface area contributed by atoms with Crippen molar-refractivity contribution >= 4 is 40.6 Å². The Hall–Kier alpha value is -2.87. The van der Waals surface area contributed by atoms with Crippen LogP contribution in [0.25, 0.3) is 6.08 Å². The highest BCUT2D eigenvalue weighted by molar-refractivity contribution is 8.18. The summed E-state index contributed by atoms with van der Waals surface area (Å²) >= 11 is 0.779. The van der Waals surface area contributed by atoms with Gasteiger partial charge in [-0.3, -0.25) is 19.3 Å². The van der Waals surface area contributed by atoms with Crippen LogP contribution in [0.4, 0.5) is 14.9 Å². The zero-order valence-electron chi connectivity index (χ0n) is 12.3. The van der Waals surface area contributed by atoms with Crippen LogP contribution in [0.1, 0.15) is 5.69 Å². The van der Waals surface area contributed by atoms with Gasteiger partial charge in [-0.2, -0.15) is 0 Å². The molecule has 0 bridgehead atoms. The Bertz CT molecular complexity index is 816. The maximum atomic E-state index is 12.8. The number of hydrogen-bond acceptors (Lipinski definition) is 4. The van der Waals surface area contributed by atoms with Crippen molar-refractivity contribution in [1.82, 2.24) is 9.88 Å². The number of hydrogen-bond donors (Lipinski definition) is 2. The molecule has 2 aromatic rings. The number of H-pyrrole nitrogens is 1. The number of thioether (sulfide) groups is 1. The van der Waals surface area contributed by atoms with Crippen molar-refractivity contribution in [2.45, 2.75) is 0 Å². The molecule has 1 aromatic heterocycles. The lowest BCUT2D eigenvalue weighted by Crippen LogP contribution is -2.36. The molecule has 3 amide bonds. The zero-order chi connectivity index (χ0) is 17.1. The van der Waals surface area contributed by atoms with E-state index in [9.17, 15) is 18.8 Å². The van der Waals surface area contributed by atoms with E-state index in [1.165, 1.54) is 24.3 Å². The van der Waals surface area contributed by atoms with Crippen LogP contribution in [0.3, 0.4) is 0 Å². The highest BCUT2D eigenvalue weighted by atomic mass is 32.2.